The van der Waals surface area contributed by atoms with Gasteiger partial charge in [-0.25, -0.2) is 0 Å². The van der Waals surface area contributed by atoms with Crippen molar-refractivity contribution < 1.29 is 18.7 Å². The third-order valence-corrected chi connectivity index (χ3v) is 4.48. The van der Waals surface area contributed by atoms with Crippen LogP contribution in [0.5, 0.6) is 5.75 Å². The first-order valence-electron chi connectivity index (χ1n) is 7.80. The number of carbonyl (C=O) groups excluding carboxylic acids is 1. The van der Waals surface area contributed by atoms with Gasteiger partial charge in [0.15, 0.2) is 0 Å². The predicted octanol–water partition coefficient (Wildman–Crippen LogP) is 5.53. The van der Waals surface area contributed by atoms with Crippen molar-refractivity contribution in [2.24, 2.45) is 0 Å². The average Bonchev–Trinajstić information content (AvgIpc) is 2.97. The van der Waals surface area contributed by atoms with Crippen molar-refractivity contribution in [3.05, 3.63) is 63.3 Å². The van der Waals surface area contributed by atoms with Crippen LogP contribution in [0.1, 0.15) is 18.1 Å². The molecule has 4 nitrogen and oxygen atoms in total. The molecule has 0 saturated carbocycles. The van der Waals surface area contributed by atoms with Crippen molar-refractivity contribution in [1.29, 1.82) is 0 Å². The van der Waals surface area contributed by atoms with Crippen LogP contribution in [-0.2, 0) is 22.6 Å². The molecule has 25 heavy (non-hydrogen) atoms. The monoisotopic (exact) mass is 422 g/mol. The Morgan fingerprint density at radius 1 is 1.24 bits per heavy atom. The Balaban J connectivity index is 1.79. The molecule has 0 bridgehead atoms. The standard InChI is InChI=1S/C19H16BrClO4/c1-2-23-18(22)7-12-5-3-4-6-17(12)24-10-13-11-25-19-15(13)8-14(21)9-16(19)20/h3-6,8-9,11H,2,7,10H2,1H3. The molecule has 1 aromatic heterocycles. The van der Waals surface area contributed by atoms with Crippen LogP contribution < -0.4 is 4.74 Å². The van der Waals surface area contributed by atoms with E-state index in [0.717, 1.165) is 26.6 Å². The molecule has 0 N–H and O–H groups in total. The predicted molar refractivity (Wildman–Crippen MR) is 100 cm³/mol. The number of hydrogen-bond acceptors (Lipinski definition) is 4. The molecule has 0 atom stereocenters. The van der Waals surface area contributed by atoms with Gasteiger partial charge in [-0.05, 0) is 41.1 Å². The molecule has 0 radical (unpaired) electrons. The lowest BCUT2D eigenvalue weighted by molar-refractivity contribution is -0.142. The fourth-order valence-corrected chi connectivity index (χ4v) is 3.44. The number of ether oxygens (including phenoxy) is 2. The summed E-state index contributed by atoms with van der Waals surface area (Å²) >= 11 is 9.56. The number of furan rings is 1. The van der Waals surface area contributed by atoms with E-state index in [2.05, 4.69) is 15.9 Å². The normalized spacial score (nSPS) is 10.8. The number of para-hydroxylation sites is 1. The number of fused-ring (bicyclic) bond motifs is 1. The van der Waals surface area contributed by atoms with E-state index in [-0.39, 0.29) is 12.4 Å². The maximum absolute atomic E-state index is 11.7. The third kappa shape index (κ3) is 4.17. The first-order valence-corrected chi connectivity index (χ1v) is 8.97. The summed E-state index contributed by atoms with van der Waals surface area (Å²) < 4.78 is 17.3. The minimum absolute atomic E-state index is 0.174. The fraction of sp³-hybridized carbons (Fsp3) is 0.211. The Bertz CT molecular complexity index is 904. The van der Waals surface area contributed by atoms with E-state index >= 15 is 0 Å². The van der Waals surface area contributed by atoms with Crippen LogP contribution in [0.25, 0.3) is 11.0 Å². The van der Waals surface area contributed by atoms with Crippen molar-refractivity contribution >= 4 is 44.5 Å². The Morgan fingerprint density at radius 3 is 2.84 bits per heavy atom. The highest BCUT2D eigenvalue weighted by Crippen LogP contribution is 2.32. The second-order valence-corrected chi connectivity index (χ2v) is 6.69. The van der Waals surface area contributed by atoms with Crippen molar-refractivity contribution in [2.45, 2.75) is 20.0 Å². The number of carbonyl (C=O) groups is 1. The number of esters is 1. The molecule has 0 amide bonds. The molecule has 0 saturated heterocycles. The smallest absolute Gasteiger partial charge is 0.310 e. The molecule has 3 aromatic rings. The average molecular weight is 424 g/mol. The van der Waals surface area contributed by atoms with Gasteiger partial charge in [-0.3, -0.25) is 4.79 Å². The van der Waals surface area contributed by atoms with Crippen molar-refractivity contribution in [1.82, 2.24) is 0 Å². The van der Waals surface area contributed by atoms with Crippen molar-refractivity contribution in [3.63, 3.8) is 0 Å². The van der Waals surface area contributed by atoms with E-state index in [0.29, 0.717) is 24.0 Å². The highest BCUT2D eigenvalue weighted by Gasteiger charge is 2.13. The molecule has 130 valence electrons. The first kappa shape index (κ1) is 17.8. The molecular formula is C19H16BrClO4. The Morgan fingerprint density at radius 2 is 2.04 bits per heavy atom. The Kier molecular flexibility index (Phi) is 5.66. The summed E-state index contributed by atoms with van der Waals surface area (Å²) in [6, 6.07) is 11.0. The summed E-state index contributed by atoms with van der Waals surface area (Å²) in [4.78, 5) is 11.7. The van der Waals surface area contributed by atoms with Crippen molar-refractivity contribution in [2.75, 3.05) is 6.61 Å². The summed E-state index contributed by atoms with van der Waals surface area (Å²) in [7, 11) is 0. The minimum Gasteiger partial charge on any atom is -0.488 e. The lowest BCUT2D eigenvalue weighted by Crippen LogP contribution is -2.09. The number of benzene rings is 2. The van der Waals surface area contributed by atoms with Crippen LogP contribution in [0.15, 0.2) is 51.6 Å². The van der Waals surface area contributed by atoms with Gasteiger partial charge in [-0.15, -0.1) is 0 Å². The highest BCUT2D eigenvalue weighted by molar-refractivity contribution is 9.10. The molecule has 0 unspecified atom stereocenters. The molecular weight excluding hydrogens is 408 g/mol. The first-order chi connectivity index (χ1) is 12.1. The topological polar surface area (TPSA) is 48.7 Å². The molecule has 1 heterocycles. The van der Waals surface area contributed by atoms with Crippen LogP contribution in [0, 0.1) is 0 Å². The van der Waals surface area contributed by atoms with Gasteiger partial charge in [0.1, 0.15) is 17.9 Å². The number of hydrogen-bond donors (Lipinski definition) is 0. The van der Waals surface area contributed by atoms with Gasteiger partial charge in [-0.2, -0.15) is 0 Å². The molecule has 2 aromatic carbocycles. The van der Waals surface area contributed by atoms with Gasteiger partial charge in [0.05, 0.1) is 23.8 Å². The molecule has 6 heteroatoms. The van der Waals surface area contributed by atoms with Crippen molar-refractivity contribution in [3.8, 4) is 5.75 Å². The van der Waals surface area contributed by atoms with E-state index in [1.165, 1.54) is 0 Å². The largest absolute Gasteiger partial charge is 0.488 e. The van der Waals surface area contributed by atoms with Crippen LogP contribution in [0.3, 0.4) is 0 Å². The lowest BCUT2D eigenvalue weighted by atomic mass is 10.1. The van der Waals surface area contributed by atoms with Gasteiger partial charge >= 0.3 is 5.97 Å². The summed E-state index contributed by atoms with van der Waals surface area (Å²) in [6.45, 7) is 2.45. The lowest BCUT2D eigenvalue weighted by Gasteiger charge is -2.10. The third-order valence-electron chi connectivity index (χ3n) is 3.67. The SMILES string of the molecule is CCOC(=O)Cc1ccccc1OCc1coc2c(Br)cc(Cl)cc12. The zero-order chi connectivity index (χ0) is 17.8. The van der Waals surface area contributed by atoms with Crippen LogP contribution in [0.2, 0.25) is 5.02 Å². The van der Waals surface area contributed by atoms with E-state index in [1.54, 1.807) is 19.3 Å². The zero-order valence-electron chi connectivity index (χ0n) is 13.6. The van der Waals surface area contributed by atoms with E-state index < -0.39 is 0 Å². The number of halogens is 2. The summed E-state index contributed by atoms with van der Waals surface area (Å²) in [6.07, 6.45) is 1.83. The maximum Gasteiger partial charge on any atom is 0.310 e. The highest BCUT2D eigenvalue weighted by atomic mass is 79.9. The van der Waals surface area contributed by atoms with Crippen LogP contribution >= 0.6 is 27.5 Å². The summed E-state index contributed by atoms with van der Waals surface area (Å²) in [5, 5.41) is 1.51. The molecule has 3 rings (SSSR count). The number of rotatable bonds is 6. The fourth-order valence-electron chi connectivity index (χ4n) is 2.54. The van der Waals surface area contributed by atoms with Gasteiger partial charge in [0.25, 0.3) is 0 Å². The van der Waals surface area contributed by atoms with Crippen LogP contribution in [-0.4, -0.2) is 12.6 Å². The van der Waals surface area contributed by atoms with Gasteiger partial charge in [-0.1, -0.05) is 29.8 Å². The molecule has 0 aliphatic carbocycles. The maximum atomic E-state index is 11.7. The molecule has 0 aliphatic rings. The van der Waals surface area contributed by atoms with Gasteiger partial charge in [0, 0.05) is 21.5 Å². The zero-order valence-corrected chi connectivity index (χ0v) is 15.9. The summed E-state index contributed by atoms with van der Waals surface area (Å²) in [5.74, 6) is 0.369. The summed E-state index contributed by atoms with van der Waals surface area (Å²) in [5.41, 5.74) is 2.39. The Hall–Kier alpha value is -1.98. The Labute approximate surface area is 158 Å². The van der Waals surface area contributed by atoms with E-state index in [4.69, 9.17) is 25.5 Å². The quantitative estimate of drug-likeness (QED) is 0.489. The van der Waals surface area contributed by atoms with Crippen LogP contribution in [0.4, 0.5) is 0 Å². The molecule has 0 aliphatic heterocycles. The van der Waals surface area contributed by atoms with E-state index in [1.807, 2.05) is 30.3 Å². The van der Waals surface area contributed by atoms with E-state index in [9.17, 15) is 4.79 Å². The second kappa shape index (κ2) is 7.93. The second-order valence-electron chi connectivity index (χ2n) is 5.40. The molecule has 0 spiro atoms. The minimum atomic E-state index is -0.275. The van der Waals surface area contributed by atoms with Gasteiger partial charge in [0.2, 0.25) is 0 Å². The molecule has 0 fully saturated rings. The van der Waals surface area contributed by atoms with Gasteiger partial charge < -0.3 is 13.9 Å².